The van der Waals surface area contributed by atoms with Crippen LogP contribution in [0.1, 0.15) is 23.6 Å². The van der Waals surface area contributed by atoms with E-state index in [4.69, 9.17) is 15.7 Å². The van der Waals surface area contributed by atoms with Gasteiger partial charge in [-0.25, -0.2) is 0 Å². The predicted molar refractivity (Wildman–Crippen MR) is 57.3 cm³/mol. The highest BCUT2D eigenvalue weighted by molar-refractivity contribution is 5.69. The van der Waals surface area contributed by atoms with Gasteiger partial charge in [0.25, 0.3) is 0 Å². The van der Waals surface area contributed by atoms with E-state index in [1.54, 1.807) is 6.92 Å². The molecule has 1 aromatic rings. The molecule has 0 saturated heterocycles. The Bertz CT molecular complexity index is 469. The molecule has 0 saturated carbocycles. The van der Waals surface area contributed by atoms with E-state index in [0.29, 0.717) is 24.5 Å². The smallest absolute Gasteiger partial charge is 0.0965 e. The summed E-state index contributed by atoms with van der Waals surface area (Å²) in [6.07, 6.45) is 0. The molecule has 1 aliphatic rings. The van der Waals surface area contributed by atoms with Crippen LogP contribution < -0.4 is 5.73 Å². The van der Waals surface area contributed by atoms with Gasteiger partial charge in [-0.2, -0.15) is 5.26 Å². The Morgan fingerprint density at radius 3 is 2.87 bits per heavy atom. The first-order valence-corrected chi connectivity index (χ1v) is 4.78. The number of nitrogens with zero attached hydrogens (tertiary/aromatic N) is 1. The molecular formula is C12H12N2O. The SMILES string of the molecule is C/C(C#N)=C(/N)c1ccc2c(c1)COC2. The molecule has 0 unspecified atom stereocenters. The summed E-state index contributed by atoms with van der Waals surface area (Å²) in [6, 6.07) is 8.00. The summed E-state index contributed by atoms with van der Waals surface area (Å²) >= 11 is 0. The second-order valence-electron chi connectivity index (χ2n) is 3.63. The Morgan fingerprint density at radius 2 is 2.13 bits per heavy atom. The second-order valence-corrected chi connectivity index (χ2v) is 3.63. The first kappa shape index (κ1) is 9.75. The lowest BCUT2D eigenvalue weighted by Crippen LogP contribution is -2.00. The topological polar surface area (TPSA) is 59.0 Å². The van der Waals surface area contributed by atoms with Crippen LogP contribution in [0.15, 0.2) is 23.8 Å². The molecule has 0 radical (unpaired) electrons. The monoisotopic (exact) mass is 200 g/mol. The van der Waals surface area contributed by atoms with E-state index in [1.807, 2.05) is 18.2 Å². The summed E-state index contributed by atoms with van der Waals surface area (Å²) in [4.78, 5) is 0. The minimum atomic E-state index is 0.548. The highest BCUT2D eigenvalue weighted by atomic mass is 16.5. The van der Waals surface area contributed by atoms with Crippen molar-refractivity contribution in [2.75, 3.05) is 0 Å². The third-order valence-electron chi connectivity index (χ3n) is 2.60. The Labute approximate surface area is 88.8 Å². The quantitative estimate of drug-likeness (QED) is 0.704. The molecule has 3 heteroatoms. The van der Waals surface area contributed by atoms with E-state index in [-0.39, 0.29) is 0 Å². The third kappa shape index (κ3) is 1.72. The van der Waals surface area contributed by atoms with Crippen molar-refractivity contribution in [1.82, 2.24) is 0 Å². The number of nitrogens with two attached hydrogens (primary N) is 1. The fourth-order valence-electron chi connectivity index (χ4n) is 1.62. The highest BCUT2D eigenvalue weighted by Gasteiger charge is 2.12. The van der Waals surface area contributed by atoms with Gasteiger partial charge >= 0.3 is 0 Å². The molecule has 0 fully saturated rings. The Balaban J connectivity index is 2.44. The molecule has 2 rings (SSSR count). The van der Waals surface area contributed by atoms with Crippen molar-refractivity contribution in [3.63, 3.8) is 0 Å². The maximum atomic E-state index is 8.75. The normalized spacial score (nSPS) is 15.5. The molecule has 15 heavy (non-hydrogen) atoms. The Hall–Kier alpha value is -1.79. The summed E-state index contributed by atoms with van der Waals surface area (Å²) in [5.74, 6) is 0. The molecule has 0 bridgehead atoms. The Morgan fingerprint density at radius 1 is 1.40 bits per heavy atom. The summed E-state index contributed by atoms with van der Waals surface area (Å²) in [7, 11) is 0. The Kier molecular flexibility index (Phi) is 2.44. The van der Waals surface area contributed by atoms with Crippen LogP contribution >= 0.6 is 0 Å². The number of fused-ring (bicyclic) bond motifs is 1. The molecule has 76 valence electrons. The minimum absolute atomic E-state index is 0.548. The van der Waals surface area contributed by atoms with E-state index in [9.17, 15) is 0 Å². The van der Waals surface area contributed by atoms with Crippen molar-refractivity contribution in [2.45, 2.75) is 20.1 Å². The van der Waals surface area contributed by atoms with Crippen molar-refractivity contribution in [2.24, 2.45) is 5.73 Å². The van der Waals surface area contributed by atoms with Gasteiger partial charge in [-0.3, -0.25) is 0 Å². The van der Waals surface area contributed by atoms with Gasteiger partial charge in [0.05, 0.1) is 25.0 Å². The van der Waals surface area contributed by atoms with Crippen LogP contribution in [0.2, 0.25) is 0 Å². The van der Waals surface area contributed by atoms with Gasteiger partial charge in [0.15, 0.2) is 0 Å². The second kappa shape index (κ2) is 3.76. The van der Waals surface area contributed by atoms with E-state index < -0.39 is 0 Å². The van der Waals surface area contributed by atoms with Gasteiger partial charge in [0, 0.05) is 5.57 Å². The van der Waals surface area contributed by atoms with Gasteiger partial charge in [0.1, 0.15) is 0 Å². The van der Waals surface area contributed by atoms with E-state index in [1.165, 1.54) is 11.1 Å². The summed E-state index contributed by atoms with van der Waals surface area (Å²) < 4.78 is 5.31. The number of hydrogen-bond acceptors (Lipinski definition) is 3. The molecule has 0 aliphatic carbocycles. The molecular weight excluding hydrogens is 188 g/mol. The molecule has 3 nitrogen and oxygen atoms in total. The van der Waals surface area contributed by atoms with Gasteiger partial charge in [0.2, 0.25) is 0 Å². The first-order valence-electron chi connectivity index (χ1n) is 4.78. The van der Waals surface area contributed by atoms with E-state index in [0.717, 1.165) is 5.56 Å². The minimum Gasteiger partial charge on any atom is -0.397 e. The first-order chi connectivity index (χ1) is 7.22. The maximum Gasteiger partial charge on any atom is 0.0965 e. The highest BCUT2D eigenvalue weighted by Crippen LogP contribution is 2.23. The van der Waals surface area contributed by atoms with Crippen LogP contribution in [0, 0.1) is 11.3 Å². The summed E-state index contributed by atoms with van der Waals surface area (Å²) in [6.45, 7) is 3.04. The average Bonchev–Trinajstić information content (AvgIpc) is 2.73. The van der Waals surface area contributed by atoms with E-state index in [2.05, 4.69) is 6.07 Å². The van der Waals surface area contributed by atoms with Crippen LogP contribution in [0.25, 0.3) is 5.70 Å². The largest absolute Gasteiger partial charge is 0.397 e. The number of ether oxygens (including phenoxy) is 1. The summed E-state index contributed by atoms with van der Waals surface area (Å²) in [5.41, 5.74) is 10.2. The number of rotatable bonds is 1. The molecule has 0 spiro atoms. The zero-order chi connectivity index (χ0) is 10.8. The number of nitriles is 1. The van der Waals surface area contributed by atoms with Crippen molar-refractivity contribution >= 4 is 5.70 Å². The number of hydrogen-bond donors (Lipinski definition) is 1. The number of allylic oxidation sites excluding steroid dienone is 1. The molecule has 1 heterocycles. The molecule has 1 aliphatic heterocycles. The van der Waals surface area contributed by atoms with Crippen LogP contribution in [0.4, 0.5) is 0 Å². The zero-order valence-corrected chi connectivity index (χ0v) is 8.58. The predicted octanol–water partition coefficient (Wildman–Crippen LogP) is 1.93. The molecule has 0 amide bonds. The summed E-state index contributed by atoms with van der Waals surface area (Å²) in [5, 5.41) is 8.75. The average molecular weight is 200 g/mol. The van der Waals surface area contributed by atoms with Crippen LogP contribution in [-0.2, 0) is 18.0 Å². The van der Waals surface area contributed by atoms with Gasteiger partial charge in [-0.1, -0.05) is 12.1 Å². The van der Waals surface area contributed by atoms with Gasteiger partial charge < -0.3 is 10.5 Å². The lowest BCUT2D eigenvalue weighted by atomic mass is 10.0. The van der Waals surface area contributed by atoms with Crippen LogP contribution in [0.5, 0.6) is 0 Å². The fourth-order valence-corrected chi connectivity index (χ4v) is 1.62. The maximum absolute atomic E-state index is 8.75. The van der Waals surface area contributed by atoms with Crippen molar-refractivity contribution < 1.29 is 4.74 Å². The standard InChI is InChI=1S/C12H12N2O/c1-8(5-13)12(14)9-2-3-10-6-15-7-11(10)4-9/h2-4H,6-7,14H2,1H3/b12-8-. The van der Waals surface area contributed by atoms with Gasteiger partial charge in [-0.15, -0.1) is 0 Å². The lowest BCUT2D eigenvalue weighted by Gasteiger charge is -2.04. The molecule has 1 aromatic carbocycles. The molecule has 0 aromatic heterocycles. The third-order valence-corrected chi connectivity index (χ3v) is 2.60. The molecule has 2 N–H and O–H groups in total. The zero-order valence-electron chi connectivity index (χ0n) is 8.58. The van der Waals surface area contributed by atoms with E-state index >= 15 is 0 Å². The number of benzene rings is 1. The fraction of sp³-hybridized carbons (Fsp3) is 0.250. The lowest BCUT2D eigenvalue weighted by molar-refractivity contribution is 0.134. The molecule has 0 atom stereocenters. The van der Waals surface area contributed by atoms with Crippen molar-refractivity contribution in [3.8, 4) is 6.07 Å². The van der Waals surface area contributed by atoms with Crippen LogP contribution in [0.3, 0.4) is 0 Å². The van der Waals surface area contributed by atoms with Gasteiger partial charge in [-0.05, 0) is 29.7 Å². The van der Waals surface area contributed by atoms with Crippen LogP contribution in [-0.4, -0.2) is 0 Å². The van der Waals surface area contributed by atoms with Crippen molar-refractivity contribution in [1.29, 1.82) is 5.26 Å². The van der Waals surface area contributed by atoms with Crippen molar-refractivity contribution in [3.05, 3.63) is 40.5 Å².